The number of rotatable bonds is 3. The number of halogens is 1. The summed E-state index contributed by atoms with van der Waals surface area (Å²) >= 11 is 0. The van der Waals surface area contributed by atoms with Gasteiger partial charge in [-0.3, -0.25) is 0 Å². The molecule has 0 aliphatic rings. The molecular weight excluding hydrogens is 190 g/mol. The van der Waals surface area contributed by atoms with E-state index < -0.39 is 5.97 Å². The van der Waals surface area contributed by atoms with Crippen molar-refractivity contribution in [3.05, 3.63) is 11.6 Å². The number of carboxylic acid groups (broad SMARTS) is 1. The molecule has 4 heteroatoms. The number of aliphatic carboxylic acids is 1. The highest BCUT2D eigenvalue weighted by molar-refractivity contribution is 5.85. The summed E-state index contributed by atoms with van der Waals surface area (Å²) in [7, 11) is 6.05. The zero-order chi connectivity index (χ0) is 9.94. The first kappa shape index (κ1) is 15.0. The lowest BCUT2D eigenvalue weighted by atomic mass is 10.2. The molecule has 0 N–H and O–H groups in total. The van der Waals surface area contributed by atoms with Crippen LogP contribution in [0.25, 0.3) is 0 Å². The van der Waals surface area contributed by atoms with E-state index in [1.54, 1.807) is 13.0 Å². The van der Waals surface area contributed by atoms with Crippen LogP contribution in [0.15, 0.2) is 11.6 Å². The van der Waals surface area contributed by atoms with E-state index in [1.165, 1.54) is 0 Å². The van der Waals surface area contributed by atoms with Crippen LogP contribution >= 0.6 is 12.4 Å². The second kappa shape index (κ2) is 5.25. The monoisotopic (exact) mass is 207 g/mol. The van der Waals surface area contributed by atoms with Crippen molar-refractivity contribution in [2.24, 2.45) is 0 Å². The van der Waals surface area contributed by atoms with E-state index in [4.69, 9.17) is 0 Å². The van der Waals surface area contributed by atoms with Crippen LogP contribution in [-0.4, -0.2) is 37.6 Å². The third-order valence-corrected chi connectivity index (χ3v) is 2.03. The third kappa shape index (κ3) is 5.66. The van der Waals surface area contributed by atoms with Gasteiger partial charge >= 0.3 is 0 Å². The third-order valence-electron chi connectivity index (χ3n) is 2.03. The molecule has 3 nitrogen and oxygen atoms in total. The van der Waals surface area contributed by atoms with Gasteiger partial charge in [0.2, 0.25) is 0 Å². The molecule has 0 saturated carbocycles. The van der Waals surface area contributed by atoms with Crippen molar-refractivity contribution in [2.75, 3.05) is 21.1 Å². The van der Waals surface area contributed by atoms with Gasteiger partial charge in [-0.25, -0.2) is 0 Å². The second-order valence-electron chi connectivity index (χ2n) is 3.99. The van der Waals surface area contributed by atoms with Crippen LogP contribution in [-0.2, 0) is 4.79 Å². The molecule has 1 atom stereocenters. The summed E-state index contributed by atoms with van der Waals surface area (Å²) in [6.45, 7) is 3.54. The Balaban J connectivity index is 0. The van der Waals surface area contributed by atoms with Crippen molar-refractivity contribution >= 4 is 18.4 Å². The van der Waals surface area contributed by atoms with Crippen molar-refractivity contribution in [1.29, 1.82) is 0 Å². The minimum absolute atomic E-state index is 0. The summed E-state index contributed by atoms with van der Waals surface area (Å²) in [5, 5.41) is 10.4. The molecule has 0 fully saturated rings. The van der Waals surface area contributed by atoms with Gasteiger partial charge in [-0.1, -0.05) is 0 Å². The molecule has 1 unspecified atom stereocenters. The fraction of sp³-hybridized carbons (Fsp3) is 0.667. The standard InChI is InChI=1S/C9H17NO2.ClH/c1-7(9(11)12)6-8(2)10(3,4)5;/h6,8H,1-5H3;1H. The molecule has 0 radical (unpaired) electrons. The summed E-state index contributed by atoms with van der Waals surface area (Å²) in [6.07, 6.45) is 1.72. The molecular formula is C9H18ClNO2. The first-order chi connectivity index (χ1) is 5.25. The Bertz CT molecular complexity index is 206. The first-order valence-corrected chi connectivity index (χ1v) is 3.96. The lowest BCUT2D eigenvalue weighted by Gasteiger charge is -2.30. The van der Waals surface area contributed by atoms with Gasteiger partial charge in [0.25, 0.3) is 0 Å². The summed E-state index contributed by atoms with van der Waals surface area (Å²) in [4.78, 5) is 10.4. The van der Waals surface area contributed by atoms with E-state index in [0.717, 1.165) is 0 Å². The van der Waals surface area contributed by atoms with Crippen molar-refractivity contribution in [1.82, 2.24) is 0 Å². The summed E-state index contributed by atoms with van der Waals surface area (Å²) in [5.41, 5.74) is 0.301. The van der Waals surface area contributed by atoms with Crippen molar-refractivity contribution < 1.29 is 14.4 Å². The molecule has 78 valence electrons. The van der Waals surface area contributed by atoms with E-state index in [1.807, 2.05) is 28.1 Å². The smallest absolute Gasteiger partial charge is 0.105 e. The van der Waals surface area contributed by atoms with Gasteiger partial charge in [0.15, 0.2) is 0 Å². The molecule has 0 aliphatic carbocycles. The zero-order valence-corrected chi connectivity index (χ0v) is 9.64. The minimum atomic E-state index is -1.09. The molecule has 0 aromatic carbocycles. The number of nitrogens with zero attached hydrogens (tertiary/aromatic N) is 1. The predicted molar refractivity (Wildman–Crippen MR) is 53.5 cm³/mol. The van der Waals surface area contributed by atoms with E-state index in [-0.39, 0.29) is 18.4 Å². The first-order valence-electron chi connectivity index (χ1n) is 3.96. The number of hydrogen-bond donors (Lipinski definition) is 0. The van der Waals surface area contributed by atoms with E-state index >= 15 is 0 Å². The van der Waals surface area contributed by atoms with Crippen LogP contribution < -0.4 is 5.11 Å². The lowest BCUT2D eigenvalue weighted by molar-refractivity contribution is -0.887. The van der Waals surface area contributed by atoms with Crippen molar-refractivity contribution in [3.8, 4) is 0 Å². The Hall–Kier alpha value is -0.540. The summed E-state index contributed by atoms with van der Waals surface area (Å²) < 4.78 is 0.713. The minimum Gasteiger partial charge on any atom is -0.545 e. The van der Waals surface area contributed by atoms with Gasteiger partial charge in [0.1, 0.15) is 6.04 Å². The molecule has 13 heavy (non-hydrogen) atoms. The Labute approximate surface area is 86.0 Å². The maximum atomic E-state index is 10.4. The van der Waals surface area contributed by atoms with Crippen LogP contribution in [0.1, 0.15) is 13.8 Å². The molecule has 0 bridgehead atoms. The molecule has 0 amide bonds. The number of likely N-dealkylation sites (N-methyl/N-ethyl adjacent to an activating group) is 1. The van der Waals surface area contributed by atoms with Crippen LogP contribution in [0.2, 0.25) is 0 Å². The number of carboxylic acids is 1. The number of hydrogen-bond acceptors (Lipinski definition) is 2. The average Bonchev–Trinajstić information content (AvgIpc) is 1.85. The fourth-order valence-corrected chi connectivity index (χ4v) is 0.653. The predicted octanol–water partition coefficient (Wildman–Crippen LogP) is 0.199. The van der Waals surface area contributed by atoms with Gasteiger partial charge in [0, 0.05) is 0 Å². The van der Waals surface area contributed by atoms with Crippen LogP contribution in [0.4, 0.5) is 0 Å². The second-order valence-corrected chi connectivity index (χ2v) is 3.99. The number of carbonyl (C=O) groups excluding carboxylic acids is 1. The molecule has 0 rings (SSSR count). The highest BCUT2D eigenvalue weighted by Gasteiger charge is 2.15. The Morgan fingerprint density at radius 3 is 2.00 bits per heavy atom. The zero-order valence-electron chi connectivity index (χ0n) is 8.83. The van der Waals surface area contributed by atoms with Crippen molar-refractivity contribution in [3.63, 3.8) is 0 Å². The van der Waals surface area contributed by atoms with E-state index in [2.05, 4.69) is 0 Å². The molecule has 0 spiro atoms. The normalized spacial score (nSPS) is 14.7. The molecule has 0 aromatic heterocycles. The fourth-order valence-electron chi connectivity index (χ4n) is 0.653. The van der Waals surface area contributed by atoms with Crippen LogP contribution in [0, 0.1) is 0 Å². The number of carbonyl (C=O) groups is 1. The largest absolute Gasteiger partial charge is 0.545 e. The maximum Gasteiger partial charge on any atom is 0.105 e. The highest BCUT2D eigenvalue weighted by atomic mass is 35.5. The molecule has 0 saturated heterocycles. The average molecular weight is 208 g/mol. The topological polar surface area (TPSA) is 40.1 Å². The molecule has 0 aromatic rings. The highest BCUT2D eigenvalue weighted by Crippen LogP contribution is 2.05. The SMILES string of the molecule is CC(=CC(C)[N+](C)(C)C)C(=O)[O-].Cl. The van der Waals surface area contributed by atoms with Gasteiger partial charge in [-0.2, -0.15) is 0 Å². The van der Waals surface area contributed by atoms with Gasteiger partial charge in [-0.15, -0.1) is 12.4 Å². The van der Waals surface area contributed by atoms with Gasteiger partial charge in [0.05, 0.1) is 27.1 Å². The number of quaternary nitrogens is 1. The Morgan fingerprint density at radius 2 is 1.77 bits per heavy atom. The quantitative estimate of drug-likeness (QED) is 0.490. The van der Waals surface area contributed by atoms with Crippen molar-refractivity contribution in [2.45, 2.75) is 19.9 Å². The Morgan fingerprint density at radius 1 is 1.38 bits per heavy atom. The van der Waals surface area contributed by atoms with E-state index in [0.29, 0.717) is 10.1 Å². The van der Waals surface area contributed by atoms with Gasteiger partial charge < -0.3 is 14.4 Å². The molecule has 0 heterocycles. The van der Waals surface area contributed by atoms with Crippen LogP contribution in [0.5, 0.6) is 0 Å². The lowest BCUT2D eigenvalue weighted by Crippen LogP contribution is -2.42. The maximum absolute atomic E-state index is 10.4. The van der Waals surface area contributed by atoms with Gasteiger partial charge in [-0.05, 0) is 25.5 Å². The Kier molecular flexibility index (Phi) is 6.04. The summed E-state index contributed by atoms with van der Waals surface area (Å²) in [6, 6.07) is 0.183. The summed E-state index contributed by atoms with van der Waals surface area (Å²) in [5.74, 6) is -1.09. The van der Waals surface area contributed by atoms with Crippen LogP contribution in [0.3, 0.4) is 0 Å². The van der Waals surface area contributed by atoms with E-state index in [9.17, 15) is 9.90 Å². The molecule has 0 aliphatic heterocycles.